The molecule has 0 aromatic heterocycles. The summed E-state index contributed by atoms with van der Waals surface area (Å²) >= 11 is 0. The molecule has 3 N–H and O–H groups in total. The number of aryl methyl sites for hydroxylation is 2. The van der Waals surface area contributed by atoms with Crippen molar-refractivity contribution in [3.05, 3.63) is 58.9 Å². The highest BCUT2D eigenvalue weighted by molar-refractivity contribution is 5.95. The largest absolute Gasteiger partial charge is 0.397 e. The Morgan fingerprint density at radius 2 is 1.95 bits per heavy atom. The van der Waals surface area contributed by atoms with Gasteiger partial charge in [0.25, 0.3) is 0 Å². The van der Waals surface area contributed by atoms with Gasteiger partial charge in [0.2, 0.25) is 5.91 Å². The van der Waals surface area contributed by atoms with Crippen LogP contribution >= 0.6 is 0 Å². The number of hydrogen-bond donors (Lipinski definition) is 2. The normalized spacial score (nSPS) is 10.3. The molecular formula is C16H17FN2O. The van der Waals surface area contributed by atoms with E-state index in [-0.39, 0.29) is 12.3 Å². The second-order valence-corrected chi connectivity index (χ2v) is 4.89. The molecule has 4 heteroatoms. The number of anilines is 2. The first-order valence-electron chi connectivity index (χ1n) is 6.36. The summed E-state index contributed by atoms with van der Waals surface area (Å²) in [5, 5.41) is 2.64. The van der Waals surface area contributed by atoms with Crippen LogP contribution in [0.1, 0.15) is 16.7 Å². The van der Waals surface area contributed by atoms with Crippen molar-refractivity contribution >= 4 is 17.3 Å². The SMILES string of the molecule is Cc1ccc(C)c(CC(=O)Nc2cc(F)ccc2N)c1. The summed E-state index contributed by atoms with van der Waals surface area (Å²) in [5.41, 5.74) is 9.47. The number of amides is 1. The fourth-order valence-corrected chi connectivity index (χ4v) is 1.99. The van der Waals surface area contributed by atoms with Crippen molar-refractivity contribution in [2.45, 2.75) is 20.3 Å². The Morgan fingerprint density at radius 1 is 1.20 bits per heavy atom. The van der Waals surface area contributed by atoms with Gasteiger partial charge in [-0.05, 0) is 43.2 Å². The molecule has 1 amide bonds. The van der Waals surface area contributed by atoms with Gasteiger partial charge in [0.15, 0.2) is 0 Å². The Labute approximate surface area is 117 Å². The second-order valence-electron chi connectivity index (χ2n) is 4.89. The molecule has 2 aromatic carbocycles. The van der Waals surface area contributed by atoms with Crippen molar-refractivity contribution in [1.82, 2.24) is 0 Å². The van der Waals surface area contributed by atoms with Crippen molar-refractivity contribution in [2.75, 3.05) is 11.1 Å². The third kappa shape index (κ3) is 3.35. The van der Waals surface area contributed by atoms with E-state index in [1.54, 1.807) is 0 Å². The third-order valence-corrected chi connectivity index (χ3v) is 3.15. The maximum atomic E-state index is 13.1. The highest BCUT2D eigenvalue weighted by Gasteiger charge is 2.09. The molecule has 0 aliphatic carbocycles. The number of carbonyl (C=O) groups is 1. The van der Waals surface area contributed by atoms with Gasteiger partial charge in [0, 0.05) is 0 Å². The number of carbonyl (C=O) groups excluding carboxylic acids is 1. The molecule has 104 valence electrons. The first-order chi connectivity index (χ1) is 9.45. The second kappa shape index (κ2) is 5.74. The van der Waals surface area contributed by atoms with Crippen LogP contribution in [0.25, 0.3) is 0 Å². The Kier molecular flexibility index (Phi) is 4.03. The average Bonchev–Trinajstić information content (AvgIpc) is 2.38. The molecular weight excluding hydrogens is 255 g/mol. The van der Waals surface area contributed by atoms with Crippen LogP contribution in [0.4, 0.5) is 15.8 Å². The molecule has 0 aliphatic rings. The standard InChI is InChI=1S/C16H17FN2O/c1-10-3-4-11(2)12(7-10)8-16(20)19-15-9-13(17)5-6-14(15)18/h3-7,9H,8,18H2,1-2H3,(H,19,20). The van der Waals surface area contributed by atoms with E-state index in [4.69, 9.17) is 5.73 Å². The van der Waals surface area contributed by atoms with Crippen LogP contribution in [0.3, 0.4) is 0 Å². The van der Waals surface area contributed by atoms with Crippen LogP contribution in [0.15, 0.2) is 36.4 Å². The third-order valence-electron chi connectivity index (χ3n) is 3.15. The summed E-state index contributed by atoms with van der Waals surface area (Å²) in [7, 11) is 0. The Hall–Kier alpha value is -2.36. The number of halogens is 1. The van der Waals surface area contributed by atoms with Gasteiger partial charge in [-0.3, -0.25) is 4.79 Å². The lowest BCUT2D eigenvalue weighted by atomic mass is 10.0. The molecule has 0 heterocycles. The highest BCUT2D eigenvalue weighted by Crippen LogP contribution is 2.20. The molecule has 0 spiro atoms. The summed E-state index contributed by atoms with van der Waals surface area (Å²) in [6.07, 6.45) is 0.240. The van der Waals surface area contributed by atoms with E-state index in [9.17, 15) is 9.18 Å². The quantitative estimate of drug-likeness (QED) is 0.843. The van der Waals surface area contributed by atoms with E-state index in [1.165, 1.54) is 18.2 Å². The summed E-state index contributed by atoms with van der Waals surface area (Å²) < 4.78 is 13.1. The van der Waals surface area contributed by atoms with E-state index in [0.29, 0.717) is 11.4 Å². The lowest BCUT2D eigenvalue weighted by molar-refractivity contribution is -0.115. The fraction of sp³-hybridized carbons (Fsp3) is 0.188. The fourth-order valence-electron chi connectivity index (χ4n) is 1.99. The van der Waals surface area contributed by atoms with Gasteiger partial charge in [-0.2, -0.15) is 0 Å². The molecule has 2 aromatic rings. The minimum absolute atomic E-state index is 0.212. The summed E-state index contributed by atoms with van der Waals surface area (Å²) in [5.74, 6) is -0.641. The molecule has 0 saturated heterocycles. The number of nitrogens with two attached hydrogens (primary N) is 1. The predicted octanol–water partition coefficient (Wildman–Crippen LogP) is 3.21. The Morgan fingerprint density at radius 3 is 2.70 bits per heavy atom. The van der Waals surface area contributed by atoms with Crippen LogP contribution in [-0.2, 0) is 11.2 Å². The predicted molar refractivity (Wildman–Crippen MR) is 79.1 cm³/mol. The molecule has 0 bridgehead atoms. The van der Waals surface area contributed by atoms with Crippen molar-refractivity contribution in [1.29, 1.82) is 0 Å². The zero-order valence-corrected chi connectivity index (χ0v) is 11.5. The van der Waals surface area contributed by atoms with Crippen LogP contribution in [0.2, 0.25) is 0 Å². The molecule has 0 aliphatic heterocycles. The van der Waals surface area contributed by atoms with E-state index in [0.717, 1.165) is 16.7 Å². The van der Waals surface area contributed by atoms with Crippen molar-refractivity contribution in [3.63, 3.8) is 0 Å². The minimum Gasteiger partial charge on any atom is -0.397 e. The highest BCUT2D eigenvalue weighted by atomic mass is 19.1. The van der Waals surface area contributed by atoms with Gasteiger partial charge < -0.3 is 11.1 Å². The van der Waals surface area contributed by atoms with Crippen LogP contribution < -0.4 is 11.1 Å². The van der Waals surface area contributed by atoms with Gasteiger partial charge in [-0.15, -0.1) is 0 Å². The Bertz CT molecular complexity index is 597. The average molecular weight is 272 g/mol. The smallest absolute Gasteiger partial charge is 0.228 e. The maximum absolute atomic E-state index is 13.1. The first-order valence-corrected chi connectivity index (χ1v) is 6.36. The molecule has 2 rings (SSSR count). The van der Waals surface area contributed by atoms with Gasteiger partial charge in [-0.1, -0.05) is 23.8 Å². The maximum Gasteiger partial charge on any atom is 0.228 e. The first kappa shape index (κ1) is 14.1. The summed E-state index contributed by atoms with van der Waals surface area (Å²) in [6.45, 7) is 3.93. The molecule has 0 radical (unpaired) electrons. The summed E-state index contributed by atoms with van der Waals surface area (Å²) in [6, 6.07) is 9.87. The molecule has 3 nitrogen and oxygen atoms in total. The topological polar surface area (TPSA) is 55.1 Å². The van der Waals surface area contributed by atoms with Crippen LogP contribution in [0.5, 0.6) is 0 Å². The van der Waals surface area contributed by atoms with E-state index >= 15 is 0 Å². The number of nitrogen functional groups attached to an aromatic ring is 1. The van der Waals surface area contributed by atoms with Crippen LogP contribution in [-0.4, -0.2) is 5.91 Å². The van der Waals surface area contributed by atoms with Gasteiger partial charge in [-0.25, -0.2) is 4.39 Å². The zero-order chi connectivity index (χ0) is 14.7. The van der Waals surface area contributed by atoms with Crippen molar-refractivity contribution < 1.29 is 9.18 Å². The number of rotatable bonds is 3. The lowest BCUT2D eigenvalue weighted by Crippen LogP contribution is -2.16. The van der Waals surface area contributed by atoms with Crippen molar-refractivity contribution in [3.8, 4) is 0 Å². The summed E-state index contributed by atoms with van der Waals surface area (Å²) in [4.78, 5) is 12.0. The van der Waals surface area contributed by atoms with Crippen LogP contribution in [0, 0.1) is 19.7 Å². The molecule has 0 saturated carbocycles. The zero-order valence-electron chi connectivity index (χ0n) is 11.5. The Balaban J connectivity index is 2.13. The number of nitrogens with one attached hydrogen (secondary N) is 1. The van der Waals surface area contributed by atoms with Crippen molar-refractivity contribution in [2.24, 2.45) is 0 Å². The minimum atomic E-state index is -0.429. The molecule has 0 atom stereocenters. The van der Waals surface area contributed by atoms with E-state index < -0.39 is 5.82 Å². The van der Waals surface area contributed by atoms with E-state index in [1.807, 2.05) is 32.0 Å². The van der Waals surface area contributed by atoms with Gasteiger partial charge in [0.05, 0.1) is 17.8 Å². The monoisotopic (exact) mass is 272 g/mol. The lowest BCUT2D eigenvalue weighted by Gasteiger charge is -2.10. The van der Waals surface area contributed by atoms with Gasteiger partial charge >= 0.3 is 0 Å². The van der Waals surface area contributed by atoms with Gasteiger partial charge in [0.1, 0.15) is 5.82 Å². The van der Waals surface area contributed by atoms with E-state index in [2.05, 4.69) is 5.32 Å². The number of hydrogen-bond acceptors (Lipinski definition) is 2. The molecule has 0 unspecified atom stereocenters. The molecule has 0 fully saturated rings. The molecule has 20 heavy (non-hydrogen) atoms. The number of benzene rings is 2.